The largest absolute Gasteiger partial charge is 0.414 e. The molecule has 0 heterocycles. The van der Waals surface area contributed by atoms with Crippen molar-refractivity contribution in [2.24, 2.45) is 35.5 Å². The Morgan fingerprint density at radius 1 is 1.16 bits per heavy atom. The molecule has 2 fully saturated rings. The summed E-state index contributed by atoms with van der Waals surface area (Å²) in [7, 11) is -1.73. The van der Waals surface area contributed by atoms with Crippen molar-refractivity contribution in [2.45, 2.75) is 70.7 Å². The monoisotopic (exact) mass is 364 g/mol. The third-order valence-corrected chi connectivity index (χ3v) is 12.3. The van der Waals surface area contributed by atoms with Gasteiger partial charge < -0.3 is 14.3 Å². The normalized spacial score (nSPS) is 40.8. The number of carbonyl (C=O) groups excluding carboxylic acids is 1. The Kier molecular flexibility index (Phi) is 5.36. The molecule has 0 saturated heterocycles. The van der Waals surface area contributed by atoms with E-state index in [1.165, 1.54) is 0 Å². The number of allylic oxidation sites excluding steroid dienone is 2. The quantitative estimate of drug-likeness (QED) is 0.446. The van der Waals surface area contributed by atoms with Crippen molar-refractivity contribution >= 4 is 14.6 Å². The Hall–Kier alpha value is -0.453. The molecule has 0 aliphatic heterocycles. The van der Waals surface area contributed by atoms with E-state index < -0.39 is 8.32 Å². The molecule has 1 unspecified atom stereocenters. The van der Waals surface area contributed by atoms with Crippen LogP contribution >= 0.6 is 0 Å². The molecule has 7 atom stereocenters. The smallest absolute Gasteiger partial charge is 0.192 e. The molecule has 0 radical (unpaired) electrons. The molecular weight excluding hydrogens is 328 g/mol. The van der Waals surface area contributed by atoms with Gasteiger partial charge in [-0.05, 0) is 73.4 Å². The van der Waals surface area contributed by atoms with Crippen LogP contribution in [0.4, 0.5) is 0 Å². The minimum atomic E-state index is -1.73. The van der Waals surface area contributed by atoms with E-state index in [4.69, 9.17) is 4.43 Å². The van der Waals surface area contributed by atoms with Crippen LogP contribution in [0.25, 0.3) is 0 Å². The summed E-state index contributed by atoms with van der Waals surface area (Å²) in [4.78, 5) is 11.6. The standard InChI is InChI=1S/C21H36O3Si/c1-21(2,3)25(4,5)24-16-10-14-6-7-18-17(8-9-22)15(13-23)11-20(18)19(14)12-16/h6-7,13-20,22H,8-12H2,1-5H3/t14-,15?,16-,17-,18+,19-,20-/m1/s1. The van der Waals surface area contributed by atoms with Crippen LogP contribution in [-0.4, -0.2) is 32.4 Å². The summed E-state index contributed by atoms with van der Waals surface area (Å²) < 4.78 is 6.73. The van der Waals surface area contributed by atoms with Crippen LogP contribution in [0.1, 0.15) is 46.5 Å². The first-order valence-corrected chi connectivity index (χ1v) is 13.0. The number of aliphatic hydroxyl groups excluding tert-OH is 1. The highest BCUT2D eigenvalue weighted by atomic mass is 28.4. The molecule has 0 aromatic rings. The lowest BCUT2D eigenvalue weighted by molar-refractivity contribution is -0.112. The van der Waals surface area contributed by atoms with E-state index >= 15 is 0 Å². The Bertz CT molecular complexity index is 522. The second kappa shape index (κ2) is 6.93. The summed E-state index contributed by atoms with van der Waals surface area (Å²) in [6.45, 7) is 11.8. The lowest BCUT2D eigenvalue weighted by atomic mass is 9.71. The fraction of sp³-hybridized carbons (Fsp3) is 0.857. The minimum Gasteiger partial charge on any atom is -0.414 e. The summed E-state index contributed by atoms with van der Waals surface area (Å²) >= 11 is 0. The van der Waals surface area contributed by atoms with E-state index in [-0.39, 0.29) is 17.6 Å². The van der Waals surface area contributed by atoms with Gasteiger partial charge in [-0.3, -0.25) is 0 Å². The Morgan fingerprint density at radius 3 is 2.48 bits per heavy atom. The molecule has 0 spiro atoms. The molecular formula is C21H36O3Si. The Balaban J connectivity index is 1.71. The third kappa shape index (κ3) is 3.54. The van der Waals surface area contributed by atoms with Crippen LogP contribution in [0.5, 0.6) is 0 Å². The van der Waals surface area contributed by atoms with Gasteiger partial charge in [0.2, 0.25) is 0 Å². The lowest BCUT2D eigenvalue weighted by Crippen LogP contribution is -2.43. The second-order valence-corrected chi connectivity index (χ2v) is 14.9. The average Bonchev–Trinajstić information content (AvgIpc) is 3.06. The number of hydrogen-bond donors (Lipinski definition) is 1. The van der Waals surface area contributed by atoms with E-state index in [1.54, 1.807) is 0 Å². The molecule has 1 N–H and O–H groups in total. The summed E-state index contributed by atoms with van der Waals surface area (Å²) in [5.41, 5.74) is 0. The van der Waals surface area contributed by atoms with E-state index in [9.17, 15) is 9.90 Å². The number of rotatable bonds is 5. The van der Waals surface area contributed by atoms with Gasteiger partial charge >= 0.3 is 0 Å². The molecule has 0 aromatic heterocycles. The van der Waals surface area contributed by atoms with Crippen LogP contribution in [0.15, 0.2) is 12.2 Å². The fourth-order valence-electron chi connectivity index (χ4n) is 5.43. The van der Waals surface area contributed by atoms with Crippen molar-refractivity contribution in [3.8, 4) is 0 Å². The maximum absolute atomic E-state index is 11.6. The number of hydrogen-bond acceptors (Lipinski definition) is 3. The van der Waals surface area contributed by atoms with Crippen molar-refractivity contribution in [2.75, 3.05) is 6.61 Å². The lowest BCUT2D eigenvalue weighted by Gasteiger charge is -2.38. The van der Waals surface area contributed by atoms with E-state index in [0.717, 1.165) is 32.0 Å². The molecule has 25 heavy (non-hydrogen) atoms. The van der Waals surface area contributed by atoms with Gasteiger partial charge in [-0.1, -0.05) is 32.9 Å². The van der Waals surface area contributed by atoms with Crippen molar-refractivity contribution in [1.29, 1.82) is 0 Å². The van der Waals surface area contributed by atoms with Gasteiger partial charge in [-0.25, -0.2) is 0 Å². The van der Waals surface area contributed by atoms with Crippen LogP contribution in [0.3, 0.4) is 0 Å². The summed E-state index contributed by atoms with van der Waals surface area (Å²) in [5.74, 6) is 2.84. The summed E-state index contributed by atoms with van der Waals surface area (Å²) in [6.07, 6.45) is 10.4. The zero-order chi connectivity index (χ0) is 18.4. The first-order chi connectivity index (χ1) is 11.7. The average molecular weight is 365 g/mol. The molecule has 3 aliphatic carbocycles. The predicted molar refractivity (Wildman–Crippen MR) is 104 cm³/mol. The molecule has 142 valence electrons. The van der Waals surface area contributed by atoms with Gasteiger partial charge in [0.1, 0.15) is 6.29 Å². The molecule has 4 heteroatoms. The topological polar surface area (TPSA) is 46.5 Å². The van der Waals surface area contributed by atoms with Crippen molar-refractivity contribution in [1.82, 2.24) is 0 Å². The highest BCUT2D eigenvalue weighted by Crippen LogP contribution is 2.56. The molecule has 3 nitrogen and oxygen atoms in total. The van der Waals surface area contributed by atoms with Crippen LogP contribution < -0.4 is 0 Å². The number of aldehydes is 1. The van der Waals surface area contributed by atoms with E-state index in [1.807, 2.05) is 0 Å². The number of carbonyl (C=O) groups is 1. The highest BCUT2D eigenvalue weighted by Gasteiger charge is 2.52. The molecule has 0 aromatic carbocycles. The maximum atomic E-state index is 11.6. The van der Waals surface area contributed by atoms with Gasteiger partial charge in [0.25, 0.3) is 0 Å². The van der Waals surface area contributed by atoms with Gasteiger partial charge in [-0.2, -0.15) is 0 Å². The van der Waals surface area contributed by atoms with E-state index in [0.29, 0.717) is 35.7 Å². The molecule has 2 saturated carbocycles. The molecule has 0 bridgehead atoms. The Labute approximate surface area is 154 Å². The maximum Gasteiger partial charge on any atom is 0.192 e. The summed E-state index contributed by atoms with van der Waals surface area (Å²) in [5, 5.41) is 9.66. The number of fused-ring (bicyclic) bond motifs is 3. The van der Waals surface area contributed by atoms with Gasteiger partial charge in [0.05, 0.1) is 0 Å². The first-order valence-electron chi connectivity index (χ1n) is 10.1. The van der Waals surface area contributed by atoms with Crippen LogP contribution in [0, 0.1) is 35.5 Å². The van der Waals surface area contributed by atoms with E-state index in [2.05, 4.69) is 46.0 Å². The van der Waals surface area contributed by atoms with Gasteiger partial charge in [0, 0.05) is 18.6 Å². The molecule has 3 rings (SSSR count). The third-order valence-electron chi connectivity index (χ3n) is 7.74. The SMILES string of the molecule is CC(C)(C)[Si](C)(C)O[C@H]1C[C@H]2[C@@H]3CC(C=O)[C@@H](CCO)[C@@H]3C=C[C@@H]2C1. The van der Waals surface area contributed by atoms with Crippen molar-refractivity contribution in [3.63, 3.8) is 0 Å². The van der Waals surface area contributed by atoms with Crippen molar-refractivity contribution in [3.05, 3.63) is 12.2 Å². The zero-order valence-corrected chi connectivity index (χ0v) is 17.6. The number of aliphatic hydroxyl groups is 1. The first kappa shape index (κ1) is 19.3. The van der Waals surface area contributed by atoms with Crippen LogP contribution in [0.2, 0.25) is 18.1 Å². The second-order valence-electron chi connectivity index (χ2n) is 10.1. The van der Waals surface area contributed by atoms with Gasteiger partial charge in [-0.15, -0.1) is 0 Å². The van der Waals surface area contributed by atoms with Crippen LogP contribution in [-0.2, 0) is 9.22 Å². The summed E-state index contributed by atoms with van der Waals surface area (Å²) in [6, 6.07) is 0. The highest BCUT2D eigenvalue weighted by molar-refractivity contribution is 6.74. The fourth-order valence-corrected chi connectivity index (χ4v) is 6.81. The van der Waals surface area contributed by atoms with Gasteiger partial charge in [0.15, 0.2) is 8.32 Å². The van der Waals surface area contributed by atoms with Crippen molar-refractivity contribution < 1.29 is 14.3 Å². The molecule has 0 amide bonds. The zero-order valence-electron chi connectivity index (χ0n) is 16.6. The Morgan fingerprint density at radius 2 is 1.88 bits per heavy atom. The molecule has 3 aliphatic rings. The minimum absolute atomic E-state index is 0.130. The predicted octanol–water partition coefficient (Wildman–Crippen LogP) is 4.42.